The van der Waals surface area contributed by atoms with Gasteiger partial charge in [-0.15, -0.1) is 0 Å². The van der Waals surface area contributed by atoms with Crippen LogP contribution < -0.4 is 5.32 Å². The molecule has 1 N–H and O–H groups in total. The predicted molar refractivity (Wildman–Crippen MR) is 101 cm³/mol. The zero-order valence-electron chi connectivity index (χ0n) is 12.9. The molecule has 0 spiro atoms. The topological polar surface area (TPSA) is 29.1 Å². The molecule has 0 saturated carbocycles. The minimum Gasteiger partial charge on any atom is -0.323 e. The van der Waals surface area contributed by atoms with Crippen LogP contribution in [0.2, 0.25) is 5.02 Å². The molecule has 0 unspecified atom stereocenters. The quantitative estimate of drug-likeness (QED) is 0.613. The van der Waals surface area contributed by atoms with E-state index in [-0.39, 0.29) is 5.91 Å². The molecule has 0 bridgehead atoms. The molecule has 0 fully saturated rings. The summed E-state index contributed by atoms with van der Waals surface area (Å²) in [6.07, 6.45) is 3.18. The predicted octanol–water partition coefficient (Wildman–Crippen LogP) is 5.66. The van der Waals surface area contributed by atoms with Gasteiger partial charge in [0.2, 0.25) is 5.91 Å². The van der Waals surface area contributed by atoms with Crippen molar-refractivity contribution in [2.75, 3.05) is 5.32 Å². The highest BCUT2D eigenvalue weighted by atomic mass is 35.5. The first-order chi connectivity index (χ1) is 11.7. The van der Waals surface area contributed by atoms with Gasteiger partial charge in [0.1, 0.15) is 0 Å². The minimum atomic E-state index is -0.192. The van der Waals surface area contributed by atoms with Crippen LogP contribution in [0.5, 0.6) is 0 Å². The molecule has 1 amide bonds. The van der Waals surface area contributed by atoms with E-state index in [9.17, 15) is 4.79 Å². The van der Waals surface area contributed by atoms with Crippen molar-refractivity contribution >= 4 is 29.3 Å². The molecule has 0 aromatic heterocycles. The lowest BCUT2D eigenvalue weighted by atomic mass is 10.1. The number of carbonyl (C=O) groups excluding carboxylic acids is 1. The van der Waals surface area contributed by atoms with Crippen molar-refractivity contribution in [1.82, 2.24) is 0 Å². The van der Waals surface area contributed by atoms with E-state index in [0.29, 0.717) is 5.02 Å². The second kappa shape index (κ2) is 7.62. The van der Waals surface area contributed by atoms with Gasteiger partial charge in [0.15, 0.2) is 0 Å². The van der Waals surface area contributed by atoms with E-state index in [1.54, 1.807) is 12.1 Å². The first kappa shape index (κ1) is 16.0. The Morgan fingerprint density at radius 1 is 0.792 bits per heavy atom. The van der Waals surface area contributed by atoms with Gasteiger partial charge < -0.3 is 5.32 Å². The van der Waals surface area contributed by atoms with Crippen molar-refractivity contribution in [3.05, 3.63) is 95.5 Å². The Kier molecular flexibility index (Phi) is 5.09. The normalized spacial score (nSPS) is 10.7. The van der Waals surface area contributed by atoms with Gasteiger partial charge in [-0.05, 0) is 41.0 Å². The summed E-state index contributed by atoms with van der Waals surface area (Å²) in [5.41, 5.74) is 3.83. The van der Waals surface area contributed by atoms with Crippen LogP contribution in [0.4, 0.5) is 5.69 Å². The highest BCUT2D eigenvalue weighted by Gasteiger charge is 2.01. The third kappa shape index (κ3) is 4.12. The summed E-state index contributed by atoms with van der Waals surface area (Å²) < 4.78 is 0. The maximum Gasteiger partial charge on any atom is 0.248 e. The fourth-order valence-corrected chi connectivity index (χ4v) is 2.53. The molecular weight excluding hydrogens is 318 g/mol. The monoisotopic (exact) mass is 333 g/mol. The summed E-state index contributed by atoms with van der Waals surface area (Å²) >= 11 is 6.06. The summed E-state index contributed by atoms with van der Waals surface area (Å²) in [5.74, 6) is -0.192. The van der Waals surface area contributed by atoms with E-state index in [1.165, 1.54) is 6.08 Å². The average Bonchev–Trinajstić information content (AvgIpc) is 2.62. The van der Waals surface area contributed by atoms with Crippen LogP contribution in [0.25, 0.3) is 17.2 Å². The van der Waals surface area contributed by atoms with Crippen LogP contribution in [-0.4, -0.2) is 5.91 Å². The van der Waals surface area contributed by atoms with Gasteiger partial charge in [-0.1, -0.05) is 72.3 Å². The van der Waals surface area contributed by atoms with Crippen molar-refractivity contribution in [3.8, 4) is 11.1 Å². The summed E-state index contributed by atoms with van der Waals surface area (Å²) in [5, 5.41) is 3.46. The van der Waals surface area contributed by atoms with E-state index in [0.717, 1.165) is 22.4 Å². The standard InChI is InChI=1S/C21H16ClNO/c22-20-9-5-4-8-18(20)12-15-21(24)23-19-13-10-17(11-14-19)16-6-2-1-3-7-16/h1-15H,(H,23,24). The van der Waals surface area contributed by atoms with Crippen molar-refractivity contribution in [3.63, 3.8) is 0 Å². The van der Waals surface area contributed by atoms with Crippen molar-refractivity contribution in [2.45, 2.75) is 0 Å². The minimum absolute atomic E-state index is 0.192. The molecule has 3 rings (SSSR count). The SMILES string of the molecule is O=C(C=Cc1ccccc1Cl)Nc1ccc(-c2ccccc2)cc1. The molecular formula is C21H16ClNO. The molecule has 0 atom stereocenters. The molecule has 0 radical (unpaired) electrons. The molecule has 0 heterocycles. The van der Waals surface area contributed by atoms with E-state index < -0.39 is 0 Å². The molecule has 0 aliphatic rings. The number of benzene rings is 3. The van der Waals surface area contributed by atoms with Gasteiger partial charge in [-0.2, -0.15) is 0 Å². The molecule has 2 nitrogen and oxygen atoms in total. The third-order valence-corrected chi connectivity index (χ3v) is 3.92. The van der Waals surface area contributed by atoms with Crippen molar-refractivity contribution in [1.29, 1.82) is 0 Å². The molecule has 0 aliphatic carbocycles. The molecule has 0 saturated heterocycles. The van der Waals surface area contributed by atoms with E-state index in [2.05, 4.69) is 17.4 Å². The summed E-state index contributed by atoms with van der Waals surface area (Å²) in [6.45, 7) is 0. The Labute approximate surface area is 146 Å². The van der Waals surface area contributed by atoms with Crippen molar-refractivity contribution < 1.29 is 4.79 Å². The zero-order chi connectivity index (χ0) is 16.8. The van der Waals surface area contributed by atoms with Gasteiger partial charge >= 0.3 is 0 Å². The number of hydrogen-bond acceptors (Lipinski definition) is 1. The van der Waals surface area contributed by atoms with Crippen LogP contribution in [0, 0.1) is 0 Å². The lowest BCUT2D eigenvalue weighted by Gasteiger charge is -2.05. The Morgan fingerprint density at radius 3 is 2.12 bits per heavy atom. The Hall–Kier alpha value is -2.84. The van der Waals surface area contributed by atoms with E-state index >= 15 is 0 Å². The maximum atomic E-state index is 12.0. The maximum absolute atomic E-state index is 12.0. The summed E-state index contributed by atoms with van der Waals surface area (Å²) in [4.78, 5) is 12.0. The number of halogens is 1. The van der Waals surface area contributed by atoms with Crippen LogP contribution in [0.3, 0.4) is 0 Å². The van der Waals surface area contributed by atoms with Crippen LogP contribution >= 0.6 is 11.6 Å². The second-order valence-electron chi connectivity index (χ2n) is 5.29. The molecule has 3 aromatic carbocycles. The smallest absolute Gasteiger partial charge is 0.248 e. The van der Waals surface area contributed by atoms with Gasteiger partial charge in [-0.3, -0.25) is 4.79 Å². The van der Waals surface area contributed by atoms with Crippen LogP contribution in [0.15, 0.2) is 84.9 Å². The van der Waals surface area contributed by atoms with Gasteiger partial charge in [0.25, 0.3) is 0 Å². The first-order valence-corrected chi connectivity index (χ1v) is 7.99. The number of carbonyl (C=O) groups is 1. The molecule has 0 aliphatic heterocycles. The van der Waals surface area contributed by atoms with Crippen molar-refractivity contribution in [2.24, 2.45) is 0 Å². The Morgan fingerprint density at radius 2 is 1.42 bits per heavy atom. The fraction of sp³-hybridized carbons (Fsp3) is 0. The summed E-state index contributed by atoms with van der Waals surface area (Å²) in [7, 11) is 0. The van der Waals surface area contributed by atoms with Crippen LogP contribution in [-0.2, 0) is 4.79 Å². The lowest BCUT2D eigenvalue weighted by molar-refractivity contribution is -0.111. The lowest BCUT2D eigenvalue weighted by Crippen LogP contribution is -2.07. The molecule has 24 heavy (non-hydrogen) atoms. The number of hydrogen-bond donors (Lipinski definition) is 1. The number of anilines is 1. The number of rotatable bonds is 4. The highest BCUT2D eigenvalue weighted by molar-refractivity contribution is 6.32. The van der Waals surface area contributed by atoms with Gasteiger partial charge in [0, 0.05) is 16.8 Å². The van der Waals surface area contributed by atoms with Crippen LogP contribution in [0.1, 0.15) is 5.56 Å². The van der Waals surface area contributed by atoms with Gasteiger partial charge in [0.05, 0.1) is 0 Å². The van der Waals surface area contributed by atoms with E-state index in [1.807, 2.05) is 60.7 Å². The summed E-state index contributed by atoms with van der Waals surface area (Å²) in [6, 6.07) is 25.3. The fourth-order valence-electron chi connectivity index (χ4n) is 2.34. The highest BCUT2D eigenvalue weighted by Crippen LogP contribution is 2.21. The first-order valence-electron chi connectivity index (χ1n) is 7.61. The Balaban J connectivity index is 1.66. The largest absolute Gasteiger partial charge is 0.323 e. The zero-order valence-corrected chi connectivity index (χ0v) is 13.7. The van der Waals surface area contributed by atoms with Gasteiger partial charge in [-0.25, -0.2) is 0 Å². The molecule has 3 heteroatoms. The third-order valence-electron chi connectivity index (χ3n) is 3.58. The number of nitrogens with one attached hydrogen (secondary N) is 1. The number of amides is 1. The molecule has 118 valence electrons. The Bertz CT molecular complexity index is 855. The second-order valence-corrected chi connectivity index (χ2v) is 5.69. The van der Waals surface area contributed by atoms with E-state index in [4.69, 9.17) is 11.6 Å². The molecule has 3 aromatic rings. The average molecular weight is 334 g/mol.